The van der Waals surface area contributed by atoms with Crippen LogP contribution < -0.4 is 15.5 Å². The van der Waals surface area contributed by atoms with Crippen molar-refractivity contribution in [1.82, 2.24) is 15.6 Å². The summed E-state index contributed by atoms with van der Waals surface area (Å²) in [5.41, 5.74) is 1.20. The van der Waals surface area contributed by atoms with Crippen molar-refractivity contribution >= 4 is 11.7 Å². The number of amides is 2. The highest BCUT2D eigenvalue weighted by Gasteiger charge is 2.20. The highest BCUT2D eigenvalue weighted by molar-refractivity contribution is 5.73. The number of nitrogens with one attached hydrogen (secondary N) is 2. The van der Waals surface area contributed by atoms with Crippen LogP contribution in [-0.2, 0) is 0 Å². The fourth-order valence-electron chi connectivity index (χ4n) is 3.02. The van der Waals surface area contributed by atoms with E-state index in [0.29, 0.717) is 18.2 Å². The summed E-state index contributed by atoms with van der Waals surface area (Å²) in [4.78, 5) is 18.3. The lowest BCUT2D eigenvalue weighted by molar-refractivity contribution is 0.147. The average molecular weight is 344 g/mol. The molecular formula is C18H24N4O3. The molecule has 0 spiro atoms. The lowest BCUT2D eigenvalue weighted by Gasteiger charge is -2.33. The van der Waals surface area contributed by atoms with Crippen molar-refractivity contribution in [2.45, 2.75) is 18.9 Å². The van der Waals surface area contributed by atoms with E-state index in [1.54, 1.807) is 12.1 Å². The molecule has 2 amide bonds. The Morgan fingerprint density at radius 2 is 2.04 bits per heavy atom. The van der Waals surface area contributed by atoms with Crippen LogP contribution in [0, 0.1) is 5.92 Å². The van der Waals surface area contributed by atoms with Gasteiger partial charge in [-0.1, -0.05) is 0 Å². The molecule has 1 fully saturated rings. The molecule has 1 atom stereocenters. The van der Waals surface area contributed by atoms with Gasteiger partial charge in [0.1, 0.15) is 11.9 Å². The molecule has 0 bridgehead atoms. The second-order valence-electron chi connectivity index (χ2n) is 6.26. The van der Waals surface area contributed by atoms with Crippen molar-refractivity contribution < 1.29 is 14.3 Å². The van der Waals surface area contributed by atoms with Crippen molar-refractivity contribution in [2.24, 2.45) is 5.92 Å². The summed E-state index contributed by atoms with van der Waals surface area (Å²) in [7, 11) is 0. The van der Waals surface area contributed by atoms with E-state index in [4.69, 9.17) is 4.42 Å². The number of hydrogen-bond donors (Lipinski definition) is 3. The van der Waals surface area contributed by atoms with Crippen LogP contribution in [0.5, 0.6) is 0 Å². The number of urea groups is 1. The minimum atomic E-state index is -0.829. The number of carbonyl (C=O) groups is 1. The van der Waals surface area contributed by atoms with Gasteiger partial charge in [0.15, 0.2) is 0 Å². The number of nitrogens with zero attached hydrogens (tertiary/aromatic N) is 2. The van der Waals surface area contributed by atoms with Gasteiger partial charge in [-0.15, -0.1) is 0 Å². The summed E-state index contributed by atoms with van der Waals surface area (Å²) in [6, 6.07) is 7.17. The fraction of sp³-hybridized carbons (Fsp3) is 0.444. The van der Waals surface area contributed by atoms with E-state index in [1.165, 1.54) is 12.0 Å². The van der Waals surface area contributed by atoms with Gasteiger partial charge in [0.05, 0.1) is 12.8 Å². The monoisotopic (exact) mass is 344 g/mol. The average Bonchev–Trinajstić information content (AvgIpc) is 3.20. The minimum absolute atomic E-state index is 0.125. The zero-order valence-electron chi connectivity index (χ0n) is 14.1. The third-order valence-corrected chi connectivity index (χ3v) is 4.52. The van der Waals surface area contributed by atoms with Crippen molar-refractivity contribution in [3.8, 4) is 0 Å². The maximum absolute atomic E-state index is 11.9. The number of carbonyl (C=O) groups excluding carboxylic acids is 1. The van der Waals surface area contributed by atoms with E-state index in [0.717, 1.165) is 25.9 Å². The van der Waals surface area contributed by atoms with Crippen LogP contribution in [0.25, 0.3) is 0 Å². The second-order valence-corrected chi connectivity index (χ2v) is 6.26. The summed E-state index contributed by atoms with van der Waals surface area (Å²) in [5, 5.41) is 15.4. The maximum Gasteiger partial charge on any atom is 0.314 e. The van der Waals surface area contributed by atoms with Crippen LogP contribution >= 0.6 is 0 Å². The van der Waals surface area contributed by atoms with Gasteiger partial charge >= 0.3 is 6.03 Å². The Hall–Kier alpha value is -2.54. The highest BCUT2D eigenvalue weighted by atomic mass is 16.4. The van der Waals surface area contributed by atoms with Gasteiger partial charge in [-0.05, 0) is 43.0 Å². The smallest absolute Gasteiger partial charge is 0.314 e. The van der Waals surface area contributed by atoms with E-state index in [-0.39, 0.29) is 12.6 Å². The van der Waals surface area contributed by atoms with Gasteiger partial charge in [0.25, 0.3) is 0 Å². The zero-order chi connectivity index (χ0) is 17.5. The molecule has 134 valence electrons. The number of aromatic nitrogens is 1. The molecule has 7 heteroatoms. The van der Waals surface area contributed by atoms with Crippen molar-refractivity contribution in [3.63, 3.8) is 0 Å². The van der Waals surface area contributed by atoms with Crippen molar-refractivity contribution in [1.29, 1.82) is 0 Å². The first-order valence-electron chi connectivity index (χ1n) is 8.60. The van der Waals surface area contributed by atoms with E-state index in [2.05, 4.69) is 20.5 Å². The Kier molecular flexibility index (Phi) is 5.90. The molecular weight excluding hydrogens is 320 g/mol. The van der Waals surface area contributed by atoms with Gasteiger partial charge in [-0.3, -0.25) is 4.98 Å². The van der Waals surface area contributed by atoms with Crippen LogP contribution in [0.4, 0.5) is 10.5 Å². The van der Waals surface area contributed by atoms with Crippen LogP contribution in [0.15, 0.2) is 47.3 Å². The predicted molar refractivity (Wildman–Crippen MR) is 94.2 cm³/mol. The van der Waals surface area contributed by atoms with Crippen molar-refractivity contribution in [3.05, 3.63) is 48.7 Å². The first-order valence-corrected chi connectivity index (χ1v) is 8.60. The number of hydrogen-bond acceptors (Lipinski definition) is 5. The number of aliphatic hydroxyl groups is 1. The molecule has 3 rings (SSSR count). The molecule has 2 aromatic rings. The number of piperidine rings is 1. The first-order chi connectivity index (χ1) is 12.2. The largest absolute Gasteiger partial charge is 0.467 e. The third kappa shape index (κ3) is 4.96. The van der Waals surface area contributed by atoms with Gasteiger partial charge in [-0.2, -0.15) is 0 Å². The Morgan fingerprint density at radius 3 is 2.72 bits per heavy atom. The molecule has 1 saturated heterocycles. The Balaban J connectivity index is 1.33. The molecule has 0 aromatic carbocycles. The number of aliphatic hydroxyl groups excluding tert-OH is 1. The standard InChI is InChI=1S/C18H24N4O3/c23-16(17-2-1-11-25-17)13-21-18(24)20-12-14-5-9-22(10-6-14)15-3-7-19-8-4-15/h1-4,7-8,11,14,16,23H,5-6,9-10,12-13H2,(H2,20,21,24). The van der Waals surface area contributed by atoms with E-state index >= 15 is 0 Å². The van der Waals surface area contributed by atoms with E-state index in [9.17, 15) is 9.90 Å². The Bertz CT molecular complexity index is 640. The predicted octanol–water partition coefficient (Wildman–Crippen LogP) is 1.92. The summed E-state index contributed by atoms with van der Waals surface area (Å²) >= 11 is 0. The molecule has 0 aliphatic carbocycles. The maximum atomic E-state index is 11.9. The molecule has 3 N–H and O–H groups in total. The molecule has 7 nitrogen and oxygen atoms in total. The highest BCUT2D eigenvalue weighted by Crippen LogP contribution is 2.22. The summed E-state index contributed by atoms with van der Waals surface area (Å²) in [5.74, 6) is 0.919. The summed E-state index contributed by atoms with van der Waals surface area (Å²) in [6.45, 7) is 2.73. The number of furan rings is 1. The van der Waals surface area contributed by atoms with E-state index < -0.39 is 6.10 Å². The van der Waals surface area contributed by atoms with Crippen molar-refractivity contribution in [2.75, 3.05) is 31.1 Å². The summed E-state index contributed by atoms with van der Waals surface area (Å²) < 4.78 is 5.10. The van der Waals surface area contributed by atoms with Crippen LogP contribution in [0.2, 0.25) is 0 Å². The topological polar surface area (TPSA) is 90.6 Å². The molecule has 1 unspecified atom stereocenters. The normalized spacial score (nSPS) is 16.4. The van der Waals surface area contributed by atoms with Crippen LogP contribution in [-0.4, -0.2) is 42.3 Å². The van der Waals surface area contributed by atoms with Gasteiger partial charge in [0.2, 0.25) is 0 Å². The lowest BCUT2D eigenvalue weighted by atomic mass is 9.96. The summed E-state index contributed by atoms with van der Waals surface area (Å²) in [6.07, 6.45) is 6.37. The molecule has 0 radical (unpaired) electrons. The number of anilines is 1. The lowest BCUT2D eigenvalue weighted by Crippen LogP contribution is -2.42. The zero-order valence-corrected chi connectivity index (χ0v) is 14.1. The van der Waals surface area contributed by atoms with Crippen LogP contribution in [0.1, 0.15) is 24.7 Å². The number of rotatable bonds is 6. The Labute approximate surface area is 147 Å². The van der Waals surface area contributed by atoms with E-state index in [1.807, 2.05) is 24.5 Å². The SMILES string of the molecule is O=C(NCC1CCN(c2ccncc2)CC1)NCC(O)c1ccco1. The minimum Gasteiger partial charge on any atom is -0.467 e. The quantitative estimate of drug-likeness (QED) is 0.745. The third-order valence-electron chi connectivity index (χ3n) is 4.52. The second kappa shape index (κ2) is 8.53. The molecule has 2 aromatic heterocycles. The molecule has 1 aliphatic rings. The molecule has 0 saturated carbocycles. The van der Waals surface area contributed by atoms with Crippen LogP contribution in [0.3, 0.4) is 0 Å². The number of pyridine rings is 1. The van der Waals surface area contributed by atoms with Gasteiger partial charge in [-0.25, -0.2) is 4.79 Å². The van der Waals surface area contributed by atoms with Gasteiger partial charge in [0, 0.05) is 37.7 Å². The first kappa shape index (κ1) is 17.3. The molecule has 25 heavy (non-hydrogen) atoms. The fourth-order valence-corrected chi connectivity index (χ4v) is 3.02. The Morgan fingerprint density at radius 1 is 1.28 bits per heavy atom. The van der Waals surface area contributed by atoms with Gasteiger partial charge < -0.3 is 25.1 Å². The molecule has 3 heterocycles. The molecule has 1 aliphatic heterocycles.